The number of rotatable bonds is 32. The molecule has 1 fully saturated rings. The second-order valence-corrected chi connectivity index (χ2v) is 14.3. The second kappa shape index (κ2) is 31.0. The molecule has 51 heavy (non-hydrogen) atoms. The van der Waals surface area contributed by atoms with Crippen LogP contribution in [0.4, 0.5) is 0 Å². The summed E-state index contributed by atoms with van der Waals surface area (Å²) in [6.45, 7) is 3.26. The Hall–Kier alpha value is -1.41. The fourth-order valence-corrected chi connectivity index (χ4v) is 6.34. The van der Waals surface area contributed by atoms with Gasteiger partial charge in [-0.25, -0.2) is 0 Å². The van der Waals surface area contributed by atoms with Crippen molar-refractivity contribution in [1.82, 2.24) is 5.32 Å². The van der Waals surface area contributed by atoms with Gasteiger partial charge in [0.25, 0.3) is 0 Å². The number of nitrogens with one attached hydrogen (secondary N) is 1. The predicted molar refractivity (Wildman–Crippen MR) is 201 cm³/mol. The highest BCUT2D eigenvalue weighted by atomic mass is 16.7. The van der Waals surface area contributed by atoms with E-state index in [1.54, 1.807) is 0 Å². The number of carbonyl (C=O) groups is 1. The Balaban J connectivity index is 2.52. The molecule has 300 valence electrons. The summed E-state index contributed by atoms with van der Waals surface area (Å²) in [5.41, 5.74) is 0. The maximum Gasteiger partial charge on any atom is 0.249 e. The van der Waals surface area contributed by atoms with Crippen LogP contribution in [-0.2, 0) is 14.3 Å². The van der Waals surface area contributed by atoms with E-state index < -0.39 is 74.2 Å². The zero-order valence-corrected chi connectivity index (χ0v) is 31.8. The van der Waals surface area contributed by atoms with Gasteiger partial charge in [-0.3, -0.25) is 4.79 Å². The first-order chi connectivity index (χ1) is 24.7. The van der Waals surface area contributed by atoms with E-state index in [1.807, 2.05) is 6.08 Å². The molecule has 0 aromatic carbocycles. The summed E-state index contributed by atoms with van der Waals surface area (Å²) in [4.78, 5) is 13.0. The number of carbonyl (C=O) groups excluding carboxylic acids is 1. The lowest BCUT2D eigenvalue weighted by Gasteiger charge is -2.40. The summed E-state index contributed by atoms with van der Waals surface area (Å²) >= 11 is 0. The van der Waals surface area contributed by atoms with Crippen LogP contribution >= 0.6 is 0 Å². The zero-order chi connectivity index (χ0) is 37.7. The quantitative estimate of drug-likeness (QED) is 0.0342. The molecule has 1 heterocycles. The van der Waals surface area contributed by atoms with E-state index in [9.17, 15) is 40.5 Å². The molecule has 0 spiro atoms. The lowest BCUT2D eigenvalue weighted by atomic mass is 9.98. The fourth-order valence-electron chi connectivity index (χ4n) is 6.34. The summed E-state index contributed by atoms with van der Waals surface area (Å²) in [7, 11) is 0. The van der Waals surface area contributed by atoms with Crippen molar-refractivity contribution in [2.45, 2.75) is 210 Å². The van der Waals surface area contributed by atoms with Crippen molar-refractivity contribution in [3.63, 3.8) is 0 Å². The Morgan fingerprint density at radius 2 is 1.22 bits per heavy atom. The Morgan fingerprint density at radius 3 is 1.76 bits per heavy atom. The molecule has 1 saturated heterocycles. The third kappa shape index (κ3) is 21.8. The van der Waals surface area contributed by atoms with Gasteiger partial charge in [0.05, 0.1) is 25.4 Å². The Kier molecular flexibility index (Phi) is 28.9. The molecular formula is C40H75NO10. The standard InChI is InChI=1S/C40H75NO10/c1-3-5-7-9-11-13-14-15-16-17-18-20-22-24-26-28-33(44)39(49)41-31(30-50-40-38(48)37(47)36(46)34(29-42)51-40)35(45)32(43)27-25-23-21-19-12-10-8-6-4-2/h6,8,19,21,31-38,40,42-48H,3-5,7,9-18,20,22-30H2,1-2H3,(H,41,49)/b8-6+,21-19+. The van der Waals surface area contributed by atoms with E-state index in [1.165, 1.54) is 70.6 Å². The molecule has 0 aromatic rings. The molecule has 1 aliphatic rings. The van der Waals surface area contributed by atoms with Gasteiger partial charge in [0.1, 0.15) is 36.6 Å². The molecular weight excluding hydrogens is 654 g/mol. The average Bonchev–Trinajstić information content (AvgIpc) is 3.13. The van der Waals surface area contributed by atoms with Crippen LogP contribution in [0, 0.1) is 0 Å². The topological polar surface area (TPSA) is 189 Å². The summed E-state index contributed by atoms with van der Waals surface area (Å²) in [6.07, 6.45) is 19.7. The molecule has 9 atom stereocenters. The highest BCUT2D eigenvalue weighted by Gasteiger charge is 2.44. The first kappa shape index (κ1) is 47.6. The van der Waals surface area contributed by atoms with Crippen LogP contribution in [0.1, 0.15) is 155 Å². The number of unbranched alkanes of at least 4 members (excludes halogenated alkanes) is 16. The molecule has 1 aliphatic heterocycles. The molecule has 1 amide bonds. The van der Waals surface area contributed by atoms with Gasteiger partial charge in [-0.1, -0.05) is 134 Å². The number of allylic oxidation sites excluding steroid dienone is 4. The van der Waals surface area contributed by atoms with Crippen LogP contribution in [0.15, 0.2) is 24.3 Å². The van der Waals surface area contributed by atoms with Gasteiger partial charge in [0.2, 0.25) is 5.91 Å². The van der Waals surface area contributed by atoms with Crippen LogP contribution in [0.2, 0.25) is 0 Å². The van der Waals surface area contributed by atoms with Gasteiger partial charge in [0, 0.05) is 0 Å². The largest absolute Gasteiger partial charge is 0.394 e. The minimum Gasteiger partial charge on any atom is -0.394 e. The van der Waals surface area contributed by atoms with E-state index in [0.29, 0.717) is 19.3 Å². The van der Waals surface area contributed by atoms with Gasteiger partial charge < -0.3 is 50.5 Å². The monoisotopic (exact) mass is 730 g/mol. The molecule has 9 unspecified atom stereocenters. The molecule has 11 heteroatoms. The first-order valence-electron chi connectivity index (χ1n) is 20.2. The van der Waals surface area contributed by atoms with E-state index in [2.05, 4.69) is 37.4 Å². The van der Waals surface area contributed by atoms with E-state index in [-0.39, 0.29) is 12.8 Å². The van der Waals surface area contributed by atoms with Crippen LogP contribution in [0.25, 0.3) is 0 Å². The molecule has 0 saturated carbocycles. The van der Waals surface area contributed by atoms with E-state index in [0.717, 1.165) is 38.5 Å². The summed E-state index contributed by atoms with van der Waals surface area (Å²) < 4.78 is 11.0. The van der Waals surface area contributed by atoms with Crippen molar-refractivity contribution in [3.05, 3.63) is 24.3 Å². The summed E-state index contributed by atoms with van der Waals surface area (Å²) in [6, 6.07) is -1.18. The van der Waals surface area contributed by atoms with Crippen LogP contribution < -0.4 is 5.32 Å². The highest BCUT2D eigenvalue weighted by molar-refractivity contribution is 5.80. The SMILES string of the molecule is CC/C=C/CC/C=C/CCCC(O)C(O)C(COC1OC(CO)C(O)C(O)C1O)NC(=O)C(O)CCCCCCCCCCCCCCCCC. The second-order valence-electron chi connectivity index (χ2n) is 14.3. The number of amides is 1. The van der Waals surface area contributed by atoms with Crippen LogP contribution in [-0.4, -0.2) is 110 Å². The normalized spacial score (nSPS) is 23.5. The lowest BCUT2D eigenvalue weighted by molar-refractivity contribution is -0.303. The number of aliphatic hydroxyl groups is 7. The van der Waals surface area contributed by atoms with Crippen molar-refractivity contribution in [2.24, 2.45) is 0 Å². The maximum atomic E-state index is 13.0. The van der Waals surface area contributed by atoms with Crippen LogP contribution in [0.5, 0.6) is 0 Å². The highest BCUT2D eigenvalue weighted by Crippen LogP contribution is 2.23. The fraction of sp³-hybridized carbons (Fsp3) is 0.875. The van der Waals surface area contributed by atoms with E-state index >= 15 is 0 Å². The Morgan fingerprint density at radius 1 is 0.686 bits per heavy atom. The van der Waals surface area contributed by atoms with Gasteiger partial charge in [-0.2, -0.15) is 0 Å². The van der Waals surface area contributed by atoms with Crippen molar-refractivity contribution >= 4 is 5.91 Å². The number of ether oxygens (including phenoxy) is 2. The molecule has 11 nitrogen and oxygen atoms in total. The third-order valence-corrected chi connectivity index (χ3v) is 9.75. The minimum absolute atomic E-state index is 0.245. The van der Waals surface area contributed by atoms with Crippen molar-refractivity contribution in [1.29, 1.82) is 0 Å². The van der Waals surface area contributed by atoms with Crippen LogP contribution in [0.3, 0.4) is 0 Å². The molecule has 0 aromatic heterocycles. The minimum atomic E-state index is -1.67. The third-order valence-electron chi connectivity index (χ3n) is 9.75. The smallest absolute Gasteiger partial charge is 0.249 e. The van der Waals surface area contributed by atoms with Gasteiger partial charge in [-0.05, 0) is 44.9 Å². The average molecular weight is 730 g/mol. The van der Waals surface area contributed by atoms with Crippen molar-refractivity contribution in [2.75, 3.05) is 13.2 Å². The summed E-state index contributed by atoms with van der Waals surface area (Å²) in [5.74, 6) is -0.714. The van der Waals surface area contributed by atoms with E-state index in [4.69, 9.17) is 9.47 Å². The van der Waals surface area contributed by atoms with Gasteiger partial charge in [0.15, 0.2) is 6.29 Å². The van der Waals surface area contributed by atoms with Gasteiger partial charge >= 0.3 is 0 Å². The first-order valence-corrected chi connectivity index (χ1v) is 20.2. The molecule has 0 aliphatic carbocycles. The zero-order valence-electron chi connectivity index (χ0n) is 31.8. The molecule has 1 rings (SSSR count). The molecule has 8 N–H and O–H groups in total. The number of hydrogen-bond acceptors (Lipinski definition) is 10. The Bertz CT molecular complexity index is 887. The number of hydrogen-bond donors (Lipinski definition) is 8. The number of aliphatic hydroxyl groups excluding tert-OH is 7. The van der Waals surface area contributed by atoms with Crippen molar-refractivity contribution < 1.29 is 50.0 Å². The van der Waals surface area contributed by atoms with Gasteiger partial charge in [-0.15, -0.1) is 0 Å². The predicted octanol–water partition coefficient (Wildman–Crippen LogP) is 5.10. The maximum absolute atomic E-state index is 13.0. The summed E-state index contributed by atoms with van der Waals surface area (Å²) in [5, 5.41) is 75.1. The lowest BCUT2D eigenvalue weighted by Crippen LogP contribution is -2.60. The molecule has 0 bridgehead atoms. The van der Waals surface area contributed by atoms with Crippen molar-refractivity contribution in [3.8, 4) is 0 Å². The Labute approximate surface area is 308 Å². The molecule has 0 radical (unpaired) electrons.